The Bertz CT molecular complexity index is 461. The SMILES string of the molecule is CCCc1nc(CN2CCCC(C(C)CC(=O)O)C2)cs1. The molecule has 1 aromatic rings. The molecule has 2 atom stereocenters. The maximum atomic E-state index is 10.9. The Kier molecular flexibility index (Phi) is 6.18. The zero-order valence-electron chi connectivity index (χ0n) is 13.0. The van der Waals surface area contributed by atoms with Crippen LogP contribution >= 0.6 is 11.3 Å². The molecular formula is C16H26N2O2S. The van der Waals surface area contributed by atoms with Crippen molar-refractivity contribution in [2.24, 2.45) is 11.8 Å². The number of aryl methyl sites for hydroxylation is 1. The van der Waals surface area contributed by atoms with Gasteiger partial charge in [0.1, 0.15) is 0 Å². The Labute approximate surface area is 131 Å². The van der Waals surface area contributed by atoms with Gasteiger partial charge in [-0.3, -0.25) is 9.69 Å². The highest BCUT2D eigenvalue weighted by Crippen LogP contribution is 2.27. The van der Waals surface area contributed by atoms with Crippen LogP contribution in [0.3, 0.4) is 0 Å². The van der Waals surface area contributed by atoms with Crippen LogP contribution in [-0.2, 0) is 17.8 Å². The molecule has 0 aliphatic carbocycles. The molecule has 1 saturated heterocycles. The monoisotopic (exact) mass is 310 g/mol. The number of nitrogens with zero attached hydrogens (tertiary/aromatic N) is 2. The van der Waals surface area contributed by atoms with Crippen LogP contribution in [0.2, 0.25) is 0 Å². The lowest BCUT2D eigenvalue weighted by atomic mass is 9.84. The number of thiazole rings is 1. The lowest BCUT2D eigenvalue weighted by Gasteiger charge is -2.35. The van der Waals surface area contributed by atoms with Crippen molar-refractivity contribution in [3.63, 3.8) is 0 Å². The first-order valence-electron chi connectivity index (χ1n) is 7.96. The van der Waals surface area contributed by atoms with Gasteiger partial charge in [0.25, 0.3) is 0 Å². The van der Waals surface area contributed by atoms with Crippen LogP contribution in [0.1, 0.15) is 50.2 Å². The first-order valence-corrected chi connectivity index (χ1v) is 8.83. The molecule has 1 N–H and O–H groups in total. The summed E-state index contributed by atoms with van der Waals surface area (Å²) in [7, 11) is 0. The lowest BCUT2D eigenvalue weighted by Crippen LogP contribution is -2.37. The molecule has 2 rings (SSSR count). The van der Waals surface area contributed by atoms with Gasteiger partial charge in [0, 0.05) is 24.9 Å². The second kappa shape index (κ2) is 7.90. The highest BCUT2D eigenvalue weighted by atomic mass is 32.1. The molecule has 1 aromatic heterocycles. The van der Waals surface area contributed by atoms with E-state index in [-0.39, 0.29) is 12.3 Å². The summed E-state index contributed by atoms with van der Waals surface area (Å²) in [4.78, 5) is 18.0. The predicted molar refractivity (Wildman–Crippen MR) is 85.5 cm³/mol. The van der Waals surface area contributed by atoms with Gasteiger partial charge in [-0.15, -0.1) is 11.3 Å². The summed E-state index contributed by atoms with van der Waals surface area (Å²) in [5.74, 6) is 0.0864. The molecule has 0 spiro atoms. The van der Waals surface area contributed by atoms with Gasteiger partial charge in [0.05, 0.1) is 10.7 Å². The van der Waals surface area contributed by atoms with E-state index in [0.717, 1.165) is 38.9 Å². The van der Waals surface area contributed by atoms with Gasteiger partial charge in [-0.1, -0.05) is 13.8 Å². The van der Waals surface area contributed by atoms with Crippen molar-refractivity contribution in [2.45, 2.75) is 52.5 Å². The van der Waals surface area contributed by atoms with Gasteiger partial charge >= 0.3 is 5.97 Å². The second-order valence-corrected chi connectivity index (χ2v) is 7.14. The molecule has 21 heavy (non-hydrogen) atoms. The molecule has 1 aliphatic rings. The van der Waals surface area contributed by atoms with Crippen molar-refractivity contribution in [2.75, 3.05) is 13.1 Å². The molecule has 0 radical (unpaired) electrons. The van der Waals surface area contributed by atoms with Crippen molar-refractivity contribution >= 4 is 17.3 Å². The third-order valence-electron chi connectivity index (χ3n) is 4.29. The number of aromatic nitrogens is 1. The number of carboxylic acid groups (broad SMARTS) is 1. The van der Waals surface area contributed by atoms with E-state index in [9.17, 15) is 4.79 Å². The number of piperidine rings is 1. The highest BCUT2D eigenvalue weighted by Gasteiger charge is 2.26. The minimum Gasteiger partial charge on any atom is -0.481 e. The maximum Gasteiger partial charge on any atom is 0.303 e. The molecule has 0 aromatic carbocycles. The number of hydrogen-bond acceptors (Lipinski definition) is 4. The van der Waals surface area contributed by atoms with E-state index >= 15 is 0 Å². The number of carboxylic acids is 1. The summed E-state index contributed by atoms with van der Waals surface area (Å²) in [5.41, 5.74) is 1.18. The van der Waals surface area contributed by atoms with Crippen LogP contribution in [0, 0.1) is 11.8 Å². The van der Waals surface area contributed by atoms with Crippen molar-refractivity contribution in [1.82, 2.24) is 9.88 Å². The average molecular weight is 310 g/mol. The number of rotatable bonds is 7. The van der Waals surface area contributed by atoms with Crippen LogP contribution in [0.15, 0.2) is 5.38 Å². The quantitative estimate of drug-likeness (QED) is 0.838. The summed E-state index contributed by atoms with van der Waals surface area (Å²) in [6.45, 7) is 7.28. The molecule has 4 nitrogen and oxygen atoms in total. The van der Waals surface area contributed by atoms with E-state index in [0.29, 0.717) is 5.92 Å². The number of hydrogen-bond donors (Lipinski definition) is 1. The molecule has 2 heterocycles. The largest absolute Gasteiger partial charge is 0.481 e. The molecule has 1 fully saturated rings. The van der Waals surface area contributed by atoms with Crippen LogP contribution in [0.25, 0.3) is 0 Å². The summed E-state index contributed by atoms with van der Waals surface area (Å²) in [6.07, 6.45) is 4.83. The Hall–Kier alpha value is -0.940. The summed E-state index contributed by atoms with van der Waals surface area (Å²) in [6, 6.07) is 0. The standard InChI is InChI=1S/C16H26N2O2S/c1-3-5-15-17-14(11-21-15)10-18-7-4-6-13(9-18)12(2)8-16(19)20/h11-13H,3-10H2,1-2H3,(H,19,20). The summed E-state index contributed by atoms with van der Waals surface area (Å²) >= 11 is 1.76. The third kappa shape index (κ3) is 5.08. The molecule has 5 heteroatoms. The zero-order valence-corrected chi connectivity index (χ0v) is 13.9. The number of likely N-dealkylation sites (tertiary alicyclic amines) is 1. The minimum absolute atomic E-state index is 0.261. The van der Waals surface area contributed by atoms with Crippen LogP contribution in [-0.4, -0.2) is 34.0 Å². The normalized spacial score (nSPS) is 21.3. The Morgan fingerprint density at radius 3 is 3.14 bits per heavy atom. The maximum absolute atomic E-state index is 10.9. The fourth-order valence-electron chi connectivity index (χ4n) is 3.12. The summed E-state index contributed by atoms with van der Waals surface area (Å²) in [5, 5.41) is 12.4. The van der Waals surface area contributed by atoms with Gasteiger partial charge in [0.15, 0.2) is 0 Å². The topological polar surface area (TPSA) is 53.4 Å². The Morgan fingerprint density at radius 2 is 2.43 bits per heavy atom. The smallest absolute Gasteiger partial charge is 0.303 e. The van der Waals surface area contributed by atoms with Crippen molar-refractivity contribution in [1.29, 1.82) is 0 Å². The van der Waals surface area contributed by atoms with Gasteiger partial charge in [-0.25, -0.2) is 4.98 Å². The number of aliphatic carboxylic acids is 1. The van der Waals surface area contributed by atoms with Gasteiger partial charge < -0.3 is 5.11 Å². The van der Waals surface area contributed by atoms with Crippen molar-refractivity contribution in [3.05, 3.63) is 16.1 Å². The molecular weight excluding hydrogens is 284 g/mol. The molecule has 2 unspecified atom stereocenters. The summed E-state index contributed by atoms with van der Waals surface area (Å²) < 4.78 is 0. The van der Waals surface area contributed by atoms with Crippen LogP contribution in [0.5, 0.6) is 0 Å². The van der Waals surface area contributed by atoms with Crippen molar-refractivity contribution < 1.29 is 9.90 Å². The molecule has 0 saturated carbocycles. The molecule has 118 valence electrons. The van der Waals surface area contributed by atoms with E-state index in [1.54, 1.807) is 11.3 Å². The Morgan fingerprint density at radius 1 is 1.62 bits per heavy atom. The molecule has 1 aliphatic heterocycles. The number of carbonyl (C=O) groups is 1. The minimum atomic E-state index is -0.677. The van der Waals surface area contributed by atoms with E-state index in [1.807, 2.05) is 0 Å². The van der Waals surface area contributed by atoms with E-state index in [4.69, 9.17) is 10.1 Å². The van der Waals surface area contributed by atoms with Crippen molar-refractivity contribution in [3.8, 4) is 0 Å². The third-order valence-corrected chi connectivity index (χ3v) is 5.25. The zero-order chi connectivity index (χ0) is 15.2. The van der Waals surface area contributed by atoms with Crippen LogP contribution in [0.4, 0.5) is 0 Å². The second-order valence-electron chi connectivity index (χ2n) is 6.20. The first kappa shape index (κ1) is 16.4. The molecule has 0 bridgehead atoms. The predicted octanol–water partition coefficient (Wildman–Crippen LogP) is 3.42. The van der Waals surface area contributed by atoms with E-state index in [1.165, 1.54) is 17.1 Å². The lowest BCUT2D eigenvalue weighted by molar-refractivity contribution is -0.138. The average Bonchev–Trinajstić information content (AvgIpc) is 2.86. The first-order chi connectivity index (χ1) is 10.1. The fourth-order valence-corrected chi connectivity index (χ4v) is 4.01. The van der Waals surface area contributed by atoms with Gasteiger partial charge in [0.2, 0.25) is 0 Å². The van der Waals surface area contributed by atoms with Crippen LogP contribution < -0.4 is 0 Å². The fraction of sp³-hybridized carbons (Fsp3) is 0.750. The van der Waals surface area contributed by atoms with E-state index in [2.05, 4.69) is 24.1 Å². The van der Waals surface area contributed by atoms with E-state index < -0.39 is 5.97 Å². The Balaban J connectivity index is 1.86. The van der Waals surface area contributed by atoms with Gasteiger partial charge in [-0.05, 0) is 44.1 Å². The van der Waals surface area contributed by atoms with Gasteiger partial charge in [-0.2, -0.15) is 0 Å². The highest BCUT2D eigenvalue weighted by molar-refractivity contribution is 7.09. The molecule has 0 amide bonds.